The molecule has 2 fully saturated rings. The van der Waals surface area contributed by atoms with Gasteiger partial charge in [0.05, 0.1) is 13.0 Å². The first-order valence-electron chi connectivity index (χ1n) is 11.0. The molecule has 12 nitrogen and oxygen atoms in total. The minimum Gasteiger partial charge on any atom is -0.330 e. The van der Waals surface area contributed by atoms with Crippen LogP contribution in [0.25, 0.3) is 0 Å². The first-order chi connectivity index (χ1) is 15.8. The number of rotatable bonds is 16. The zero-order valence-corrected chi connectivity index (χ0v) is 18.4. The third-order valence-corrected chi connectivity index (χ3v) is 5.00. The summed E-state index contributed by atoms with van der Waals surface area (Å²) in [5, 5.41) is 1.09. The summed E-state index contributed by atoms with van der Waals surface area (Å²) in [5.41, 5.74) is 0. The minimum atomic E-state index is -0.713. The second kappa shape index (κ2) is 13.5. The molecule has 2 aliphatic rings. The Bertz CT molecular complexity index is 762. The van der Waals surface area contributed by atoms with E-state index in [-0.39, 0.29) is 69.5 Å². The van der Waals surface area contributed by atoms with Gasteiger partial charge in [0.25, 0.3) is 23.6 Å². The van der Waals surface area contributed by atoms with Crippen LogP contribution in [-0.4, -0.2) is 57.9 Å². The van der Waals surface area contributed by atoms with Crippen LogP contribution in [0.5, 0.6) is 0 Å². The van der Waals surface area contributed by atoms with E-state index < -0.39 is 29.6 Å². The van der Waals surface area contributed by atoms with E-state index in [1.54, 1.807) is 0 Å². The third kappa shape index (κ3) is 9.18. The van der Waals surface area contributed by atoms with Crippen molar-refractivity contribution in [3.8, 4) is 0 Å². The van der Waals surface area contributed by atoms with E-state index in [2.05, 4.69) is 4.99 Å². The number of amides is 4. The van der Waals surface area contributed by atoms with Gasteiger partial charge >= 0.3 is 5.97 Å². The lowest BCUT2D eigenvalue weighted by atomic mass is 10.0. The van der Waals surface area contributed by atoms with Gasteiger partial charge in [0.2, 0.25) is 0 Å². The van der Waals surface area contributed by atoms with Crippen LogP contribution in [0, 0.1) is 0 Å². The van der Waals surface area contributed by atoms with Gasteiger partial charge in [0, 0.05) is 44.9 Å². The highest BCUT2D eigenvalue weighted by atomic mass is 17.3. The largest absolute Gasteiger partial charge is 0.333 e. The normalized spacial score (nSPS) is 16.1. The molecule has 182 valence electrons. The van der Waals surface area contributed by atoms with E-state index in [1.807, 2.05) is 0 Å². The number of unbranched alkanes of at least 4 members (excludes halogenated alkanes) is 3. The fraction of sp³-hybridized carbons (Fsp3) is 0.667. The number of carbonyl (C=O) groups is 7. The Hall–Kier alpha value is -2.99. The predicted octanol–water partition coefficient (Wildman–Crippen LogP) is 1.25. The number of hydroxylamine groups is 4. The van der Waals surface area contributed by atoms with Gasteiger partial charge in [-0.3, -0.25) is 28.8 Å². The molecule has 4 amide bonds. The van der Waals surface area contributed by atoms with Gasteiger partial charge in [-0.05, 0) is 25.7 Å². The fourth-order valence-electron chi connectivity index (χ4n) is 3.18. The summed E-state index contributed by atoms with van der Waals surface area (Å²) in [6.45, 7) is 0.159. The van der Waals surface area contributed by atoms with Crippen molar-refractivity contribution in [2.24, 2.45) is 0 Å². The Kier molecular flexibility index (Phi) is 10.8. The molecule has 2 rings (SSSR count). The molecule has 0 N–H and O–H groups in total. The van der Waals surface area contributed by atoms with Gasteiger partial charge in [-0.1, -0.05) is 6.42 Å². The first-order valence-corrected chi connectivity index (χ1v) is 11.0. The Morgan fingerprint density at radius 1 is 0.636 bits per heavy atom. The Balaban J connectivity index is 1.43. The molecule has 0 bridgehead atoms. The van der Waals surface area contributed by atoms with Gasteiger partial charge in [0.1, 0.15) is 11.6 Å². The molecular formula is C21H28N2O10. The van der Waals surface area contributed by atoms with Gasteiger partial charge in [-0.25, -0.2) is 9.68 Å². The molecule has 12 heteroatoms. The smallest absolute Gasteiger partial charge is 0.330 e. The van der Waals surface area contributed by atoms with Crippen LogP contribution in [0.2, 0.25) is 0 Å². The lowest BCUT2D eigenvalue weighted by Crippen LogP contribution is -2.31. The van der Waals surface area contributed by atoms with Crippen LogP contribution in [0.4, 0.5) is 0 Å². The van der Waals surface area contributed by atoms with E-state index >= 15 is 0 Å². The maximum atomic E-state index is 11.9. The lowest BCUT2D eigenvalue weighted by molar-refractivity contribution is -0.393. The van der Waals surface area contributed by atoms with Crippen molar-refractivity contribution in [3.05, 3.63) is 0 Å². The highest BCUT2D eigenvalue weighted by molar-refractivity contribution is 6.02. The highest BCUT2D eigenvalue weighted by Gasteiger charge is 2.33. The average Bonchev–Trinajstić information content (AvgIpc) is 3.26. The SMILES string of the molecule is O=C(CCCCCOON1C(=O)CCC1=O)CC(=O)CCCCC(=O)ON1C(=O)CCC1=O. The highest BCUT2D eigenvalue weighted by Crippen LogP contribution is 2.14. The summed E-state index contributed by atoms with van der Waals surface area (Å²) in [6, 6.07) is 0. The molecule has 2 aliphatic heterocycles. The van der Waals surface area contributed by atoms with E-state index in [0.29, 0.717) is 42.2 Å². The second-order valence-corrected chi connectivity index (χ2v) is 7.80. The van der Waals surface area contributed by atoms with Crippen molar-refractivity contribution in [2.75, 3.05) is 6.61 Å². The monoisotopic (exact) mass is 468 g/mol. The quantitative estimate of drug-likeness (QED) is 0.106. The third-order valence-electron chi connectivity index (χ3n) is 5.00. The van der Waals surface area contributed by atoms with Crippen LogP contribution >= 0.6 is 0 Å². The summed E-state index contributed by atoms with van der Waals surface area (Å²) in [4.78, 5) is 95.0. The average molecular weight is 468 g/mol. The maximum absolute atomic E-state index is 11.9. The van der Waals surface area contributed by atoms with Crippen LogP contribution in [0.1, 0.15) is 83.5 Å². The van der Waals surface area contributed by atoms with Crippen LogP contribution in [0.3, 0.4) is 0 Å². The molecule has 0 aromatic carbocycles. The molecule has 0 radical (unpaired) electrons. The zero-order valence-electron chi connectivity index (χ0n) is 18.4. The number of nitrogens with zero attached hydrogens (tertiary/aromatic N) is 2. The molecule has 0 atom stereocenters. The Morgan fingerprint density at radius 3 is 1.70 bits per heavy atom. The second-order valence-electron chi connectivity index (χ2n) is 7.80. The van der Waals surface area contributed by atoms with Crippen molar-refractivity contribution < 1.29 is 48.3 Å². The summed E-state index contributed by atoms with van der Waals surface area (Å²) >= 11 is 0. The lowest BCUT2D eigenvalue weighted by Gasteiger charge is -2.12. The van der Waals surface area contributed by atoms with Crippen molar-refractivity contribution in [3.63, 3.8) is 0 Å². The number of Topliss-reactive ketones (excluding diaryl/α,β-unsaturated/α-hetero) is 2. The van der Waals surface area contributed by atoms with E-state index in [0.717, 1.165) is 0 Å². The minimum absolute atomic E-state index is 0.0277. The molecule has 0 spiro atoms. The van der Waals surface area contributed by atoms with Crippen molar-refractivity contribution >= 4 is 41.2 Å². The topological polar surface area (TPSA) is 154 Å². The van der Waals surface area contributed by atoms with E-state index in [1.165, 1.54) is 0 Å². The van der Waals surface area contributed by atoms with Crippen LogP contribution in [-0.2, 0) is 48.3 Å². The van der Waals surface area contributed by atoms with Crippen molar-refractivity contribution in [1.82, 2.24) is 10.1 Å². The first kappa shape index (κ1) is 26.3. The Morgan fingerprint density at radius 2 is 1.12 bits per heavy atom. The summed E-state index contributed by atoms with van der Waals surface area (Å²) in [5.74, 6) is -3.06. The molecule has 0 aromatic heterocycles. The molecule has 0 aromatic rings. The summed E-state index contributed by atoms with van der Waals surface area (Å²) in [7, 11) is 0. The number of imide groups is 2. The van der Waals surface area contributed by atoms with Gasteiger partial charge in [-0.2, -0.15) is 0 Å². The Labute approximate surface area is 190 Å². The predicted molar refractivity (Wildman–Crippen MR) is 107 cm³/mol. The van der Waals surface area contributed by atoms with Crippen LogP contribution < -0.4 is 0 Å². The number of hydrogen-bond donors (Lipinski definition) is 0. The molecular weight excluding hydrogens is 440 g/mol. The van der Waals surface area contributed by atoms with Gasteiger partial charge < -0.3 is 4.84 Å². The zero-order chi connectivity index (χ0) is 24.2. The van der Waals surface area contributed by atoms with E-state index in [9.17, 15) is 33.6 Å². The fourth-order valence-corrected chi connectivity index (χ4v) is 3.18. The van der Waals surface area contributed by atoms with Crippen LogP contribution in [0.15, 0.2) is 0 Å². The molecule has 2 saturated heterocycles. The number of hydrogen-bond acceptors (Lipinski definition) is 10. The van der Waals surface area contributed by atoms with Gasteiger partial charge in [-0.15, -0.1) is 15.1 Å². The number of carbonyl (C=O) groups excluding carboxylic acids is 7. The summed E-state index contributed by atoms with van der Waals surface area (Å²) in [6.07, 6.45) is 2.98. The molecule has 0 unspecified atom stereocenters. The molecule has 0 saturated carbocycles. The molecule has 33 heavy (non-hydrogen) atoms. The van der Waals surface area contributed by atoms with E-state index in [4.69, 9.17) is 9.73 Å². The molecule has 0 aliphatic carbocycles. The summed E-state index contributed by atoms with van der Waals surface area (Å²) < 4.78 is 0. The number of ketones is 2. The standard InChI is InChI=1S/C21H28N2O10/c24-15(6-2-1-5-13-31-33-23-19(28)11-12-20(23)29)14-16(25)7-3-4-8-21(30)32-22-17(26)9-10-18(22)27/h1-14H2. The maximum Gasteiger partial charge on any atom is 0.333 e. The van der Waals surface area contributed by atoms with Crippen molar-refractivity contribution in [2.45, 2.75) is 83.5 Å². The van der Waals surface area contributed by atoms with Gasteiger partial charge in [0.15, 0.2) is 0 Å². The van der Waals surface area contributed by atoms with Crippen molar-refractivity contribution in [1.29, 1.82) is 0 Å². The molecule has 2 heterocycles.